The second-order valence-electron chi connectivity index (χ2n) is 8.09. The van der Waals surface area contributed by atoms with E-state index in [0.29, 0.717) is 38.4 Å². The lowest BCUT2D eigenvalue weighted by Gasteiger charge is -2.36. The van der Waals surface area contributed by atoms with Gasteiger partial charge in [-0.2, -0.15) is 4.31 Å². The van der Waals surface area contributed by atoms with Gasteiger partial charge in [-0.05, 0) is 37.5 Å². The maximum atomic E-state index is 13.7. The maximum absolute atomic E-state index is 13.7. The number of nitrogens with zero attached hydrogens (tertiary/aromatic N) is 4. The number of sulfonamides is 1. The Hall–Kier alpha value is -1.73. The van der Waals surface area contributed by atoms with Crippen LogP contribution in [0.4, 0.5) is 4.39 Å². The van der Waals surface area contributed by atoms with E-state index in [9.17, 15) is 12.8 Å². The van der Waals surface area contributed by atoms with Crippen LogP contribution in [-0.2, 0) is 21.2 Å². The molecule has 1 aliphatic heterocycles. The molecular formula is C21H29FIN5O3S. The number of rotatable bonds is 7. The minimum absolute atomic E-state index is 0. The van der Waals surface area contributed by atoms with Gasteiger partial charge < -0.3 is 14.7 Å². The third kappa shape index (κ3) is 5.79. The van der Waals surface area contributed by atoms with Gasteiger partial charge in [-0.15, -0.1) is 24.0 Å². The van der Waals surface area contributed by atoms with Crippen molar-refractivity contribution in [3.05, 3.63) is 53.7 Å². The highest BCUT2D eigenvalue weighted by Gasteiger charge is 2.44. The van der Waals surface area contributed by atoms with E-state index in [1.807, 2.05) is 13.0 Å². The molecule has 0 atom stereocenters. The molecule has 4 rings (SSSR count). The first-order valence-electron chi connectivity index (χ1n) is 10.6. The fourth-order valence-electron chi connectivity index (χ4n) is 3.93. The van der Waals surface area contributed by atoms with Gasteiger partial charge in [-0.3, -0.25) is 4.99 Å². The van der Waals surface area contributed by atoms with E-state index < -0.39 is 10.0 Å². The zero-order valence-corrected chi connectivity index (χ0v) is 21.2. The average Bonchev–Trinajstić information content (AvgIpc) is 3.39. The van der Waals surface area contributed by atoms with E-state index in [1.165, 1.54) is 16.6 Å². The number of piperazine rings is 1. The van der Waals surface area contributed by atoms with E-state index in [2.05, 4.69) is 15.4 Å². The lowest BCUT2D eigenvalue weighted by Crippen LogP contribution is -2.54. The topological polar surface area (TPSA) is 91.0 Å². The van der Waals surface area contributed by atoms with E-state index in [-0.39, 0.29) is 41.0 Å². The van der Waals surface area contributed by atoms with Crippen LogP contribution < -0.4 is 5.32 Å². The van der Waals surface area contributed by atoms with Crippen LogP contribution in [0.15, 0.2) is 46.1 Å². The SMILES string of the molecule is CCNC(=NCC1(c2cccc(F)c2)CC1)N1CCN(S(=O)(=O)Cc2ccon2)CC1.I. The standard InChI is InChI=1S/C21H28FN5O3S.HI/c1-2-23-20(24-16-21(7-8-21)17-4-3-5-18(22)14-17)26-9-11-27(12-10-26)31(28,29)15-19-6-13-30-25-19;/h3-6,13-14H,2,7-12,15-16H2,1H3,(H,23,24);1H. The minimum Gasteiger partial charge on any atom is -0.364 e. The molecule has 32 heavy (non-hydrogen) atoms. The Morgan fingerprint density at radius 1 is 1.25 bits per heavy atom. The molecule has 1 aromatic heterocycles. The molecule has 1 aromatic carbocycles. The quantitative estimate of drug-likeness (QED) is 0.309. The normalized spacial score (nSPS) is 18.8. The van der Waals surface area contributed by atoms with Crippen LogP contribution >= 0.6 is 24.0 Å². The molecule has 2 heterocycles. The summed E-state index contributed by atoms with van der Waals surface area (Å²) >= 11 is 0. The van der Waals surface area contributed by atoms with E-state index in [0.717, 1.165) is 30.9 Å². The number of guanidine groups is 1. The average molecular weight is 577 g/mol. The van der Waals surface area contributed by atoms with Crippen LogP contribution in [0.3, 0.4) is 0 Å². The van der Waals surface area contributed by atoms with Gasteiger partial charge in [-0.25, -0.2) is 12.8 Å². The molecule has 0 unspecified atom stereocenters. The molecule has 1 aliphatic carbocycles. The van der Waals surface area contributed by atoms with Crippen LogP contribution in [0.5, 0.6) is 0 Å². The Labute approximate surface area is 205 Å². The van der Waals surface area contributed by atoms with Crippen LogP contribution in [0, 0.1) is 5.82 Å². The zero-order chi connectivity index (χ0) is 21.9. The fourth-order valence-corrected chi connectivity index (χ4v) is 5.35. The molecule has 176 valence electrons. The van der Waals surface area contributed by atoms with Crippen molar-refractivity contribution in [3.63, 3.8) is 0 Å². The van der Waals surface area contributed by atoms with E-state index >= 15 is 0 Å². The molecule has 2 aromatic rings. The first kappa shape index (κ1) is 24.9. The van der Waals surface area contributed by atoms with Crippen LogP contribution in [0.1, 0.15) is 31.0 Å². The van der Waals surface area contributed by atoms with Crippen molar-refractivity contribution >= 4 is 40.0 Å². The number of halogens is 2. The van der Waals surface area contributed by atoms with E-state index in [4.69, 9.17) is 9.52 Å². The van der Waals surface area contributed by atoms with Gasteiger partial charge in [0.15, 0.2) is 5.96 Å². The van der Waals surface area contributed by atoms with Crippen LogP contribution in [0.25, 0.3) is 0 Å². The van der Waals surface area contributed by atoms with Gasteiger partial charge in [0, 0.05) is 44.2 Å². The summed E-state index contributed by atoms with van der Waals surface area (Å²) in [4.78, 5) is 6.93. The van der Waals surface area contributed by atoms with Crippen LogP contribution in [0.2, 0.25) is 0 Å². The Balaban J connectivity index is 0.00000289. The number of benzene rings is 1. The van der Waals surface area contributed by atoms with Gasteiger partial charge >= 0.3 is 0 Å². The third-order valence-corrected chi connectivity index (χ3v) is 7.72. The number of nitrogens with one attached hydrogen (secondary N) is 1. The molecule has 0 spiro atoms. The number of hydrogen-bond acceptors (Lipinski definition) is 5. The first-order chi connectivity index (χ1) is 14.9. The van der Waals surface area contributed by atoms with Gasteiger partial charge in [0.25, 0.3) is 0 Å². The highest BCUT2D eigenvalue weighted by Crippen LogP contribution is 2.48. The lowest BCUT2D eigenvalue weighted by molar-refractivity contribution is 0.259. The van der Waals surface area contributed by atoms with Crippen molar-refractivity contribution in [1.29, 1.82) is 0 Å². The summed E-state index contributed by atoms with van der Waals surface area (Å²) < 4.78 is 45.2. The first-order valence-corrected chi connectivity index (χ1v) is 12.2. The highest BCUT2D eigenvalue weighted by molar-refractivity contribution is 14.0. The third-order valence-electron chi connectivity index (χ3n) is 5.91. The van der Waals surface area contributed by atoms with Crippen molar-refractivity contribution in [2.45, 2.75) is 30.9 Å². The zero-order valence-electron chi connectivity index (χ0n) is 18.0. The molecule has 0 radical (unpaired) electrons. The molecule has 2 fully saturated rings. The lowest BCUT2D eigenvalue weighted by atomic mass is 9.96. The molecule has 0 bridgehead atoms. The van der Waals surface area contributed by atoms with Gasteiger partial charge in [-0.1, -0.05) is 17.3 Å². The Morgan fingerprint density at radius 3 is 2.59 bits per heavy atom. The molecule has 8 nitrogen and oxygen atoms in total. The Morgan fingerprint density at radius 2 is 2.00 bits per heavy atom. The molecule has 2 aliphatic rings. The summed E-state index contributed by atoms with van der Waals surface area (Å²) in [5, 5.41) is 7.02. The van der Waals surface area contributed by atoms with Crippen molar-refractivity contribution in [2.75, 3.05) is 39.3 Å². The predicted octanol–water partition coefficient (Wildman–Crippen LogP) is 2.58. The number of hydrogen-bond donors (Lipinski definition) is 1. The smallest absolute Gasteiger partial charge is 0.220 e. The second kappa shape index (κ2) is 10.5. The predicted molar refractivity (Wildman–Crippen MR) is 131 cm³/mol. The molecule has 1 saturated heterocycles. The van der Waals surface area contributed by atoms with Crippen molar-refractivity contribution in [2.24, 2.45) is 4.99 Å². The fraction of sp³-hybridized carbons (Fsp3) is 0.524. The molecule has 11 heteroatoms. The van der Waals surface area contributed by atoms with Crippen molar-refractivity contribution in [1.82, 2.24) is 19.7 Å². The second-order valence-corrected chi connectivity index (χ2v) is 10.1. The van der Waals surface area contributed by atoms with Crippen molar-refractivity contribution in [3.8, 4) is 0 Å². The van der Waals surface area contributed by atoms with Gasteiger partial charge in [0.05, 0.1) is 12.2 Å². The molecule has 1 saturated carbocycles. The van der Waals surface area contributed by atoms with Gasteiger partial charge in [0.2, 0.25) is 10.0 Å². The minimum atomic E-state index is -3.44. The monoisotopic (exact) mass is 577 g/mol. The Kier molecular flexibility index (Phi) is 8.15. The summed E-state index contributed by atoms with van der Waals surface area (Å²) in [6, 6.07) is 8.35. The van der Waals surface area contributed by atoms with Crippen molar-refractivity contribution < 1.29 is 17.3 Å². The molecular weight excluding hydrogens is 548 g/mol. The summed E-state index contributed by atoms with van der Waals surface area (Å²) in [7, 11) is -3.44. The van der Waals surface area contributed by atoms with E-state index in [1.54, 1.807) is 18.2 Å². The van der Waals surface area contributed by atoms with Gasteiger partial charge in [0.1, 0.15) is 17.8 Å². The summed E-state index contributed by atoms with van der Waals surface area (Å²) in [5.74, 6) is 0.398. The largest absolute Gasteiger partial charge is 0.364 e. The summed E-state index contributed by atoms with van der Waals surface area (Å²) in [6.45, 7) is 5.19. The maximum Gasteiger partial charge on any atom is 0.220 e. The molecule has 0 amide bonds. The summed E-state index contributed by atoms with van der Waals surface area (Å²) in [6.07, 6.45) is 3.36. The highest BCUT2D eigenvalue weighted by atomic mass is 127. The number of aliphatic imine (C=N–C) groups is 1. The number of aromatic nitrogens is 1. The molecule has 1 N–H and O–H groups in total. The van der Waals surface area contributed by atoms with Crippen LogP contribution in [-0.4, -0.2) is 68.0 Å². The Bertz CT molecular complexity index is 1020. The summed E-state index contributed by atoms with van der Waals surface area (Å²) in [5.41, 5.74) is 1.31.